The minimum absolute atomic E-state index is 0.311. The van der Waals surface area contributed by atoms with E-state index in [9.17, 15) is 0 Å². The van der Waals surface area contributed by atoms with Gasteiger partial charge in [0.25, 0.3) is 0 Å². The van der Waals surface area contributed by atoms with Gasteiger partial charge in [0.15, 0.2) is 5.96 Å². The number of hydrogen-bond acceptors (Lipinski definition) is 1. The first kappa shape index (κ1) is 10.8. The lowest BCUT2D eigenvalue weighted by atomic mass is 10.3. The molecule has 2 saturated carbocycles. The minimum Gasteiger partial charge on any atom is -0.370 e. The molecule has 0 atom stereocenters. The van der Waals surface area contributed by atoms with E-state index in [-0.39, 0.29) is 0 Å². The molecule has 0 saturated heterocycles. The van der Waals surface area contributed by atoms with E-state index in [2.05, 4.69) is 23.7 Å². The Bertz CT molecular complexity index is 225. The lowest BCUT2D eigenvalue weighted by molar-refractivity contribution is 0.376. The van der Waals surface area contributed by atoms with Crippen LogP contribution in [0.3, 0.4) is 0 Å². The molecule has 3 nitrogen and oxygen atoms in total. The summed E-state index contributed by atoms with van der Waals surface area (Å²) in [6.45, 7) is 6.44. The van der Waals surface area contributed by atoms with Crippen molar-refractivity contribution >= 4 is 5.96 Å². The van der Waals surface area contributed by atoms with Crippen molar-refractivity contribution in [2.75, 3.05) is 13.1 Å². The molecule has 2 N–H and O–H groups in total. The number of aliphatic imine (C=N–C) groups is 1. The number of hydrogen-bond donors (Lipinski definition) is 1. The molecule has 0 heterocycles. The Morgan fingerprint density at radius 3 is 2.00 bits per heavy atom. The van der Waals surface area contributed by atoms with Crippen molar-refractivity contribution < 1.29 is 0 Å². The highest BCUT2D eigenvalue weighted by molar-refractivity contribution is 5.78. The quantitative estimate of drug-likeness (QED) is 0.554. The minimum atomic E-state index is 0.311. The summed E-state index contributed by atoms with van der Waals surface area (Å²) in [5, 5.41) is 0. The predicted octanol–water partition coefficient (Wildman–Crippen LogP) is 1.83. The number of nitrogens with zero attached hydrogens (tertiary/aromatic N) is 2. The Morgan fingerprint density at radius 2 is 1.67 bits per heavy atom. The average Bonchev–Trinajstić information content (AvgIpc) is 2.95. The first-order chi connectivity index (χ1) is 7.15. The largest absolute Gasteiger partial charge is 0.370 e. The van der Waals surface area contributed by atoms with E-state index < -0.39 is 0 Å². The summed E-state index contributed by atoms with van der Waals surface area (Å²) in [7, 11) is 0. The van der Waals surface area contributed by atoms with Crippen molar-refractivity contribution in [2.24, 2.45) is 22.6 Å². The second-order valence-electron chi connectivity index (χ2n) is 5.37. The fourth-order valence-corrected chi connectivity index (χ4v) is 1.83. The van der Waals surface area contributed by atoms with Gasteiger partial charge in [0.2, 0.25) is 0 Å². The van der Waals surface area contributed by atoms with Crippen LogP contribution in [-0.2, 0) is 0 Å². The second-order valence-corrected chi connectivity index (χ2v) is 5.37. The first-order valence-electron chi connectivity index (χ1n) is 6.23. The van der Waals surface area contributed by atoms with Crippen LogP contribution in [0.25, 0.3) is 0 Å². The van der Waals surface area contributed by atoms with Gasteiger partial charge in [0.05, 0.1) is 0 Å². The summed E-state index contributed by atoms with van der Waals surface area (Å²) in [6.07, 6.45) is 5.54. The van der Waals surface area contributed by atoms with E-state index in [4.69, 9.17) is 5.73 Å². The van der Waals surface area contributed by atoms with Gasteiger partial charge in [0, 0.05) is 19.1 Å². The van der Waals surface area contributed by atoms with Gasteiger partial charge in [-0.1, -0.05) is 0 Å². The molecule has 2 fully saturated rings. The van der Waals surface area contributed by atoms with Crippen LogP contribution in [0.15, 0.2) is 4.99 Å². The summed E-state index contributed by atoms with van der Waals surface area (Å²) >= 11 is 0. The highest BCUT2D eigenvalue weighted by Gasteiger charge is 2.29. The molecular formula is C12H23N3. The fraction of sp³-hybridized carbons (Fsp3) is 0.917. The van der Waals surface area contributed by atoms with Gasteiger partial charge >= 0.3 is 0 Å². The third-order valence-corrected chi connectivity index (χ3v) is 3.07. The van der Waals surface area contributed by atoms with Gasteiger partial charge in [-0.15, -0.1) is 0 Å². The zero-order valence-electron chi connectivity index (χ0n) is 9.95. The van der Waals surface area contributed by atoms with E-state index in [1.807, 2.05) is 0 Å². The molecule has 0 spiro atoms. The maximum absolute atomic E-state index is 6.05. The van der Waals surface area contributed by atoms with Gasteiger partial charge in [0.1, 0.15) is 0 Å². The first-order valence-corrected chi connectivity index (χ1v) is 6.23. The summed E-state index contributed by atoms with van der Waals surface area (Å²) in [5.41, 5.74) is 6.05. The van der Waals surface area contributed by atoms with Crippen LogP contribution in [-0.4, -0.2) is 30.0 Å². The molecule has 0 amide bonds. The molecule has 86 valence electrons. The third kappa shape index (κ3) is 3.73. The Kier molecular flexibility index (Phi) is 3.17. The standard InChI is InChI=1S/C12H23N3/c1-9(2)14-12(13)15(7-10-3-4-10)8-11-5-6-11/h9-11H,3-8H2,1-2H3,(H2,13,14). The van der Waals surface area contributed by atoms with Gasteiger partial charge < -0.3 is 10.6 Å². The highest BCUT2D eigenvalue weighted by Crippen LogP contribution is 2.33. The van der Waals surface area contributed by atoms with Crippen molar-refractivity contribution in [3.63, 3.8) is 0 Å². The normalized spacial score (nSPS) is 22.2. The molecule has 0 unspecified atom stereocenters. The smallest absolute Gasteiger partial charge is 0.191 e. The SMILES string of the molecule is CC(C)N=C(N)N(CC1CC1)CC1CC1. The molecule has 2 rings (SSSR count). The van der Waals surface area contributed by atoms with Gasteiger partial charge in [-0.3, -0.25) is 4.99 Å². The van der Waals surface area contributed by atoms with E-state index >= 15 is 0 Å². The summed E-state index contributed by atoms with van der Waals surface area (Å²) < 4.78 is 0. The van der Waals surface area contributed by atoms with E-state index in [0.29, 0.717) is 6.04 Å². The van der Waals surface area contributed by atoms with Crippen LogP contribution >= 0.6 is 0 Å². The zero-order valence-corrected chi connectivity index (χ0v) is 9.95. The molecular weight excluding hydrogens is 186 g/mol. The predicted molar refractivity (Wildman–Crippen MR) is 63.8 cm³/mol. The molecule has 0 aromatic heterocycles. The summed E-state index contributed by atoms with van der Waals surface area (Å²) in [4.78, 5) is 6.77. The van der Waals surface area contributed by atoms with E-state index in [1.54, 1.807) is 0 Å². The Labute approximate surface area is 92.7 Å². The zero-order chi connectivity index (χ0) is 10.8. The van der Waals surface area contributed by atoms with Crippen LogP contribution < -0.4 is 5.73 Å². The Balaban J connectivity index is 1.88. The maximum atomic E-state index is 6.05. The van der Waals surface area contributed by atoms with Crippen LogP contribution in [0.4, 0.5) is 0 Å². The summed E-state index contributed by atoms with van der Waals surface area (Å²) in [6, 6.07) is 0.311. The van der Waals surface area contributed by atoms with Crippen molar-refractivity contribution in [3.05, 3.63) is 0 Å². The van der Waals surface area contributed by atoms with Crippen LogP contribution in [0.2, 0.25) is 0 Å². The van der Waals surface area contributed by atoms with Gasteiger partial charge in [-0.05, 0) is 51.4 Å². The number of rotatable bonds is 5. The van der Waals surface area contributed by atoms with Crippen LogP contribution in [0, 0.1) is 11.8 Å². The lowest BCUT2D eigenvalue weighted by Gasteiger charge is -2.24. The molecule has 2 aliphatic carbocycles. The number of nitrogens with two attached hydrogens (primary N) is 1. The molecule has 0 aromatic carbocycles. The van der Waals surface area contributed by atoms with Crippen molar-refractivity contribution in [1.29, 1.82) is 0 Å². The lowest BCUT2D eigenvalue weighted by Crippen LogP contribution is -2.40. The topological polar surface area (TPSA) is 41.6 Å². The molecule has 0 bridgehead atoms. The van der Waals surface area contributed by atoms with Crippen molar-refractivity contribution in [2.45, 2.75) is 45.6 Å². The molecule has 0 radical (unpaired) electrons. The van der Waals surface area contributed by atoms with Crippen LogP contribution in [0.5, 0.6) is 0 Å². The van der Waals surface area contributed by atoms with Crippen molar-refractivity contribution in [1.82, 2.24) is 4.90 Å². The molecule has 3 heteroatoms. The molecule has 0 aliphatic heterocycles. The Morgan fingerprint density at radius 1 is 1.20 bits per heavy atom. The second kappa shape index (κ2) is 4.42. The highest BCUT2D eigenvalue weighted by atomic mass is 15.3. The van der Waals surface area contributed by atoms with E-state index in [0.717, 1.165) is 30.9 Å². The average molecular weight is 209 g/mol. The fourth-order valence-electron chi connectivity index (χ4n) is 1.83. The molecule has 0 aromatic rings. The maximum Gasteiger partial charge on any atom is 0.191 e. The van der Waals surface area contributed by atoms with Crippen molar-refractivity contribution in [3.8, 4) is 0 Å². The number of guanidine groups is 1. The molecule has 15 heavy (non-hydrogen) atoms. The Hall–Kier alpha value is -0.730. The van der Waals surface area contributed by atoms with Gasteiger partial charge in [-0.25, -0.2) is 0 Å². The molecule has 2 aliphatic rings. The monoisotopic (exact) mass is 209 g/mol. The third-order valence-electron chi connectivity index (χ3n) is 3.07. The van der Waals surface area contributed by atoms with Crippen LogP contribution in [0.1, 0.15) is 39.5 Å². The van der Waals surface area contributed by atoms with E-state index in [1.165, 1.54) is 25.7 Å². The van der Waals surface area contributed by atoms with Gasteiger partial charge in [-0.2, -0.15) is 0 Å². The summed E-state index contributed by atoms with van der Waals surface area (Å²) in [5.74, 6) is 2.55.